The molecule has 37 heavy (non-hydrogen) atoms. The number of hydrogen-bond donors (Lipinski definition) is 0. The fourth-order valence-electron chi connectivity index (χ4n) is 5.00. The predicted molar refractivity (Wildman–Crippen MR) is 148 cm³/mol. The van der Waals surface area contributed by atoms with Crippen LogP contribution in [0.15, 0.2) is 66.9 Å². The average Bonchev–Trinajstić information content (AvgIpc) is 3.37. The van der Waals surface area contributed by atoms with Crippen molar-refractivity contribution in [2.75, 3.05) is 31.1 Å². The molecule has 1 aliphatic rings. The van der Waals surface area contributed by atoms with E-state index in [0.29, 0.717) is 12.8 Å². The van der Waals surface area contributed by atoms with E-state index in [2.05, 4.69) is 24.0 Å². The predicted octanol–water partition coefficient (Wildman–Crippen LogP) is 5.42. The van der Waals surface area contributed by atoms with Gasteiger partial charge in [-0.3, -0.25) is 4.79 Å². The zero-order chi connectivity index (χ0) is 25.5. The van der Waals surface area contributed by atoms with Crippen LogP contribution in [-0.2, 0) is 11.2 Å². The van der Waals surface area contributed by atoms with E-state index in [1.807, 2.05) is 64.3 Å². The van der Waals surface area contributed by atoms with Crippen LogP contribution in [0.25, 0.3) is 16.7 Å². The molecule has 0 saturated carbocycles. The molecule has 192 valence electrons. The monoisotopic (exact) mass is 496 g/mol. The highest BCUT2D eigenvalue weighted by molar-refractivity contribution is 5.88. The van der Waals surface area contributed by atoms with Crippen LogP contribution in [0, 0.1) is 0 Å². The van der Waals surface area contributed by atoms with Crippen molar-refractivity contribution in [2.45, 2.75) is 51.9 Å². The number of anilines is 1. The highest BCUT2D eigenvalue weighted by Crippen LogP contribution is 2.27. The van der Waals surface area contributed by atoms with Gasteiger partial charge in [0.25, 0.3) is 0 Å². The summed E-state index contributed by atoms with van der Waals surface area (Å²) in [6.45, 7) is 5.18. The Morgan fingerprint density at radius 3 is 2.27 bits per heavy atom. The lowest BCUT2D eigenvalue weighted by Crippen LogP contribution is -2.49. The molecule has 1 saturated heterocycles. The van der Waals surface area contributed by atoms with Crippen LogP contribution in [-0.4, -0.2) is 56.7 Å². The first-order valence-corrected chi connectivity index (χ1v) is 13.6. The van der Waals surface area contributed by atoms with E-state index in [9.17, 15) is 4.79 Å². The highest BCUT2D eigenvalue weighted by Gasteiger charge is 2.25. The van der Waals surface area contributed by atoms with Gasteiger partial charge >= 0.3 is 0 Å². The number of unbranched alkanes of at least 4 members (excludes halogenated alkanes) is 4. The zero-order valence-electron chi connectivity index (χ0n) is 21.7. The standard InChI is InChI=1S/C30H36N6O/c1-2-3-4-5-12-17-28(37)34-18-20-35(21-19-34)29-26-23-31-36(25-15-10-7-11-16-25)30(26)33-27(32-29)22-24-13-8-6-9-14-24/h6-11,13-16,23H,2-5,12,17-22H2,1H3. The number of fused-ring (bicyclic) bond motifs is 1. The number of rotatable bonds is 10. The van der Waals surface area contributed by atoms with Crippen LogP contribution < -0.4 is 4.90 Å². The molecule has 4 aromatic rings. The fraction of sp³-hybridized carbons (Fsp3) is 0.400. The lowest BCUT2D eigenvalue weighted by atomic mass is 10.1. The minimum Gasteiger partial charge on any atom is -0.352 e. The Morgan fingerprint density at radius 1 is 0.838 bits per heavy atom. The van der Waals surface area contributed by atoms with Gasteiger partial charge in [-0.1, -0.05) is 81.1 Å². The summed E-state index contributed by atoms with van der Waals surface area (Å²) in [5.41, 5.74) is 2.96. The smallest absolute Gasteiger partial charge is 0.222 e. The molecule has 1 aliphatic heterocycles. The molecule has 0 spiro atoms. The van der Waals surface area contributed by atoms with Gasteiger partial charge in [-0.15, -0.1) is 0 Å². The van der Waals surface area contributed by atoms with Gasteiger partial charge in [-0.2, -0.15) is 5.10 Å². The number of nitrogens with zero attached hydrogens (tertiary/aromatic N) is 6. The van der Waals surface area contributed by atoms with Gasteiger partial charge in [0, 0.05) is 39.0 Å². The van der Waals surface area contributed by atoms with Crippen LogP contribution in [0.2, 0.25) is 0 Å². The van der Waals surface area contributed by atoms with Crippen molar-refractivity contribution in [2.24, 2.45) is 0 Å². The summed E-state index contributed by atoms with van der Waals surface area (Å²) >= 11 is 0. The maximum absolute atomic E-state index is 12.8. The van der Waals surface area contributed by atoms with Crippen molar-refractivity contribution >= 4 is 22.8 Å². The molecule has 2 aromatic heterocycles. The van der Waals surface area contributed by atoms with Crippen molar-refractivity contribution in [3.8, 4) is 5.69 Å². The lowest BCUT2D eigenvalue weighted by molar-refractivity contribution is -0.131. The van der Waals surface area contributed by atoms with Crippen LogP contribution in [0.3, 0.4) is 0 Å². The minimum atomic E-state index is 0.283. The average molecular weight is 497 g/mol. The summed E-state index contributed by atoms with van der Waals surface area (Å²) in [6.07, 6.45) is 9.03. The summed E-state index contributed by atoms with van der Waals surface area (Å²) < 4.78 is 1.90. The molecular formula is C30H36N6O. The minimum absolute atomic E-state index is 0.283. The second kappa shape index (κ2) is 12.0. The summed E-state index contributed by atoms with van der Waals surface area (Å²) in [5.74, 6) is 1.97. The molecule has 1 fully saturated rings. The van der Waals surface area contributed by atoms with Crippen molar-refractivity contribution in [1.82, 2.24) is 24.6 Å². The van der Waals surface area contributed by atoms with E-state index in [0.717, 1.165) is 67.4 Å². The number of para-hydroxylation sites is 1. The topological polar surface area (TPSA) is 67.2 Å². The Morgan fingerprint density at radius 2 is 1.54 bits per heavy atom. The molecule has 2 aromatic carbocycles. The van der Waals surface area contributed by atoms with Crippen molar-refractivity contribution < 1.29 is 4.79 Å². The molecule has 0 unspecified atom stereocenters. The van der Waals surface area contributed by atoms with Gasteiger partial charge in [0.05, 0.1) is 17.3 Å². The van der Waals surface area contributed by atoms with Gasteiger partial charge in [-0.25, -0.2) is 14.6 Å². The second-order valence-electron chi connectivity index (χ2n) is 9.79. The van der Waals surface area contributed by atoms with Crippen LogP contribution in [0.4, 0.5) is 5.82 Å². The SMILES string of the molecule is CCCCCCCC(=O)N1CCN(c2nc(Cc3ccccc3)nc3c2cnn3-c2ccccc2)CC1. The first-order valence-electron chi connectivity index (χ1n) is 13.6. The molecular weight excluding hydrogens is 460 g/mol. The molecule has 0 atom stereocenters. The van der Waals surface area contributed by atoms with E-state index in [-0.39, 0.29) is 5.91 Å². The molecule has 7 nitrogen and oxygen atoms in total. The first-order chi connectivity index (χ1) is 18.2. The number of carbonyl (C=O) groups is 1. The Kier molecular flexibility index (Phi) is 8.08. The Balaban J connectivity index is 1.36. The molecule has 0 radical (unpaired) electrons. The van der Waals surface area contributed by atoms with E-state index in [1.165, 1.54) is 24.8 Å². The van der Waals surface area contributed by atoms with Crippen LogP contribution >= 0.6 is 0 Å². The number of amides is 1. The highest BCUT2D eigenvalue weighted by atomic mass is 16.2. The molecule has 1 amide bonds. The quantitative estimate of drug-likeness (QED) is 0.275. The van der Waals surface area contributed by atoms with Gasteiger partial charge in [-0.05, 0) is 24.1 Å². The summed E-state index contributed by atoms with van der Waals surface area (Å²) in [4.78, 5) is 27.1. The van der Waals surface area contributed by atoms with Crippen molar-refractivity contribution in [1.29, 1.82) is 0 Å². The van der Waals surface area contributed by atoms with Crippen LogP contribution in [0.1, 0.15) is 56.8 Å². The zero-order valence-corrected chi connectivity index (χ0v) is 21.7. The van der Waals surface area contributed by atoms with Crippen LogP contribution in [0.5, 0.6) is 0 Å². The summed E-state index contributed by atoms with van der Waals surface area (Å²) in [6, 6.07) is 20.4. The van der Waals surface area contributed by atoms with E-state index >= 15 is 0 Å². The largest absolute Gasteiger partial charge is 0.352 e. The number of piperazine rings is 1. The summed E-state index contributed by atoms with van der Waals surface area (Å²) in [7, 11) is 0. The van der Waals surface area contributed by atoms with Crippen molar-refractivity contribution in [3.05, 3.63) is 78.2 Å². The molecule has 3 heterocycles. The molecule has 0 bridgehead atoms. The third-order valence-corrected chi connectivity index (χ3v) is 7.09. The number of hydrogen-bond acceptors (Lipinski definition) is 5. The maximum atomic E-state index is 12.8. The van der Waals surface area contributed by atoms with E-state index < -0.39 is 0 Å². The third kappa shape index (κ3) is 5.98. The van der Waals surface area contributed by atoms with E-state index in [1.54, 1.807) is 0 Å². The number of carbonyl (C=O) groups excluding carboxylic acids is 1. The molecule has 0 aliphatic carbocycles. The van der Waals surface area contributed by atoms with Crippen molar-refractivity contribution in [3.63, 3.8) is 0 Å². The first kappa shape index (κ1) is 24.9. The Labute approximate surface area is 219 Å². The molecule has 0 N–H and O–H groups in total. The normalized spacial score (nSPS) is 13.9. The second-order valence-corrected chi connectivity index (χ2v) is 9.79. The molecule has 7 heteroatoms. The maximum Gasteiger partial charge on any atom is 0.222 e. The van der Waals surface area contributed by atoms with Gasteiger partial charge in [0.15, 0.2) is 5.65 Å². The van der Waals surface area contributed by atoms with Gasteiger partial charge in [0.2, 0.25) is 5.91 Å². The third-order valence-electron chi connectivity index (χ3n) is 7.09. The fourth-order valence-corrected chi connectivity index (χ4v) is 5.00. The lowest BCUT2D eigenvalue weighted by Gasteiger charge is -2.35. The molecule has 5 rings (SSSR count). The van der Waals surface area contributed by atoms with Gasteiger partial charge in [0.1, 0.15) is 11.6 Å². The number of benzene rings is 2. The van der Waals surface area contributed by atoms with E-state index in [4.69, 9.17) is 15.1 Å². The Bertz CT molecular complexity index is 1300. The van der Waals surface area contributed by atoms with Gasteiger partial charge < -0.3 is 9.80 Å². The number of aromatic nitrogens is 4. The Hall–Kier alpha value is -3.74. The summed E-state index contributed by atoms with van der Waals surface area (Å²) in [5, 5.41) is 5.63.